The van der Waals surface area contributed by atoms with Crippen molar-refractivity contribution in [2.75, 3.05) is 6.54 Å². The number of nitrogens with zero attached hydrogens (tertiary/aromatic N) is 1. The van der Waals surface area contributed by atoms with Crippen LogP contribution in [0.5, 0.6) is 0 Å². The second-order valence-electron chi connectivity index (χ2n) is 8.06. The molecule has 2 heterocycles. The van der Waals surface area contributed by atoms with Gasteiger partial charge in [-0.15, -0.1) is 0 Å². The molecule has 0 aliphatic carbocycles. The number of amides is 3. The second-order valence-corrected chi connectivity index (χ2v) is 8.06. The summed E-state index contributed by atoms with van der Waals surface area (Å²) in [7, 11) is 0. The minimum atomic E-state index is -0.327. The number of nitrogens with one attached hydrogen (secondary N) is 2. The Bertz CT molecular complexity index is 890. The highest BCUT2D eigenvalue weighted by Crippen LogP contribution is 2.38. The quantitative estimate of drug-likeness (QED) is 0.803. The molecular formula is C24H27N3O3. The number of hydrogen-bond donors (Lipinski definition) is 2. The summed E-state index contributed by atoms with van der Waals surface area (Å²) >= 11 is 0. The molecule has 2 N–H and O–H groups in total. The van der Waals surface area contributed by atoms with Crippen molar-refractivity contribution in [2.24, 2.45) is 5.92 Å². The van der Waals surface area contributed by atoms with Crippen LogP contribution in [0.15, 0.2) is 60.7 Å². The van der Waals surface area contributed by atoms with Gasteiger partial charge in [0, 0.05) is 32.0 Å². The topological polar surface area (TPSA) is 78.5 Å². The molecule has 0 saturated carbocycles. The highest BCUT2D eigenvalue weighted by Gasteiger charge is 2.41. The standard InChI is InChI=1S/C24H27N3O3/c28-21-13-11-19(15-25-21)26-24(30)20-12-14-22(29)27(16-17-7-3-1-4-8-17)23(20)18-9-5-2-6-10-18/h1-10,19-20,23H,11-16H2,(H,25,28)(H,26,30). The van der Waals surface area contributed by atoms with E-state index < -0.39 is 0 Å². The lowest BCUT2D eigenvalue weighted by molar-refractivity contribution is -0.144. The van der Waals surface area contributed by atoms with Crippen LogP contribution < -0.4 is 10.6 Å². The minimum absolute atomic E-state index is 0.0277. The molecule has 6 heteroatoms. The highest BCUT2D eigenvalue weighted by atomic mass is 16.2. The van der Waals surface area contributed by atoms with Gasteiger partial charge in [-0.2, -0.15) is 0 Å². The fourth-order valence-electron chi connectivity index (χ4n) is 4.42. The van der Waals surface area contributed by atoms with E-state index in [0.29, 0.717) is 38.8 Å². The number of carbonyl (C=O) groups is 3. The number of rotatable bonds is 5. The van der Waals surface area contributed by atoms with Crippen LogP contribution in [0.3, 0.4) is 0 Å². The summed E-state index contributed by atoms with van der Waals surface area (Å²) in [6.45, 7) is 0.933. The summed E-state index contributed by atoms with van der Waals surface area (Å²) in [5, 5.41) is 5.93. The van der Waals surface area contributed by atoms with Gasteiger partial charge in [0.1, 0.15) is 0 Å². The average Bonchev–Trinajstić information content (AvgIpc) is 2.78. The van der Waals surface area contributed by atoms with Crippen LogP contribution in [0.4, 0.5) is 0 Å². The molecule has 3 unspecified atom stereocenters. The van der Waals surface area contributed by atoms with E-state index in [0.717, 1.165) is 11.1 Å². The van der Waals surface area contributed by atoms with E-state index in [-0.39, 0.29) is 35.7 Å². The Kier molecular flexibility index (Phi) is 6.12. The van der Waals surface area contributed by atoms with Gasteiger partial charge in [-0.05, 0) is 24.0 Å². The van der Waals surface area contributed by atoms with Crippen LogP contribution >= 0.6 is 0 Å². The third kappa shape index (κ3) is 4.53. The smallest absolute Gasteiger partial charge is 0.225 e. The van der Waals surface area contributed by atoms with E-state index in [9.17, 15) is 14.4 Å². The van der Waals surface area contributed by atoms with Crippen molar-refractivity contribution >= 4 is 17.7 Å². The molecule has 0 aromatic heterocycles. The van der Waals surface area contributed by atoms with Crippen molar-refractivity contribution in [2.45, 2.75) is 44.3 Å². The summed E-state index contributed by atoms with van der Waals surface area (Å²) in [5.41, 5.74) is 2.02. The van der Waals surface area contributed by atoms with Crippen molar-refractivity contribution in [1.82, 2.24) is 15.5 Å². The molecule has 0 radical (unpaired) electrons. The molecule has 4 rings (SSSR count). The van der Waals surface area contributed by atoms with Gasteiger partial charge in [-0.25, -0.2) is 0 Å². The van der Waals surface area contributed by atoms with E-state index in [1.54, 1.807) is 0 Å². The third-order valence-corrected chi connectivity index (χ3v) is 5.99. The van der Waals surface area contributed by atoms with Crippen molar-refractivity contribution < 1.29 is 14.4 Å². The van der Waals surface area contributed by atoms with E-state index in [1.165, 1.54) is 0 Å². The Morgan fingerprint density at radius 2 is 1.67 bits per heavy atom. The Labute approximate surface area is 176 Å². The lowest BCUT2D eigenvalue weighted by Crippen LogP contribution is -2.53. The number of benzene rings is 2. The molecule has 0 bridgehead atoms. The summed E-state index contributed by atoms with van der Waals surface area (Å²) in [5.74, 6) is -0.274. The molecule has 6 nitrogen and oxygen atoms in total. The molecule has 2 aliphatic rings. The summed E-state index contributed by atoms with van der Waals surface area (Å²) in [6.07, 6.45) is 1.95. The van der Waals surface area contributed by atoms with E-state index in [4.69, 9.17) is 0 Å². The SMILES string of the molecule is O=C1CCC(NC(=O)C2CCC(=O)N(Cc3ccccc3)C2c2ccccc2)CN1. The summed E-state index contributed by atoms with van der Waals surface area (Å²) in [4.78, 5) is 39.5. The fraction of sp³-hybridized carbons (Fsp3) is 0.375. The molecule has 2 saturated heterocycles. The zero-order valence-corrected chi connectivity index (χ0v) is 16.9. The summed E-state index contributed by atoms with van der Waals surface area (Å²) < 4.78 is 0. The fourth-order valence-corrected chi connectivity index (χ4v) is 4.42. The number of piperidine rings is 2. The first-order valence-electron chi connectivity index (χ1n) is 10.6. The van der Waals surface area contributed by atoms with Gasteiger partial charge in [-0.1, -0.05) is 60.7 Å². The molecule has 156 valence electrons. The maximum absolute atomic E-state index is 13.3. The zero-order chi connectivity index (χ0) is 20.9. The first-order chi connectivity index (χ1) is 14.6. The molecule has 3 amide bonds. The molecule has 2 aliphatic heterocycles. The highest BCUT2D eigenvalue weighted by molar-refractivity contribution is 5.85. The Balaban J connectivity index is 1.59. The van der Waals surface area contributed by atoms with Crippen molar-refractivity contribution in [1.29, 1.82) is 0 Å². The third-order valence-electron chi connectivity index (χ3n) is 5.99. The van der Waals surface area contributed by atoms with Crippen LogP contribution in [0.25, 0.3) is 0 Å². The van der Waals surface area contributed by atoms with E-state index in [2.05, 4.69) is 10.6 Å². The first kappa shape index (κ1) is 20.1. The molecule has 2 aromatic carbocycles. The van der Waals surface area contributed by atoms with Gasteiger partial charge in [-0.3, -0.25) is 14.4 Å². The molecular weight excluding hydrogens is 378 g/mol. The van der Waals surface area contributed by atoms with Gasteiger partial charge >= 0.3 is 0 Å². The lowest BCUT2D eigenvalue weighted by Gasteiger charge is -2.41. The van der Waals surface area contributed by atoms with Crippen molar-refractivity contribution in [3.05, 3.63) is 71.8 Å². The summed E-state index contributed by atoms with van der Waals surface area (Å²) in [6, 6.07) is 19.3. The Morgan fingerprint density at radius 3 is 2.33 bits per heavy atom. The van der Waals surface area contributed by atoms with Crippen molar-refractivity contribution in [3.8, 4) is 0 Å². The molecule has 2 fully saturated rings. The van der Waals surface area contributed by atoms with Gasteiger partial charge in [0.15, 0.2) is 0 Å². The van der Waals surface area contributed by atoms with E-state index >= 15 is 0 Å². The number of likely N-dealkylation sites (tertiary alicyclic amines) is 1. The van der Waals surface area contributed by atoms with Crippen LogP contribution in [-0.2, 0) is 20.9 Å². The normalized spacial score (nSPS) is 24.3. The number of carbonyl (C=O) groups excluding carboxylic acids is 3. The predicted molar refractivity (Wildman–Crippen MR) is 113 cm³/mol. The number of hydrogen-bond acceptors (Lipinski definition) is 3. The average molecular weight is 405 g/mol. The maximum atomic E-state index is 13.3. The Morgan fingerprint density at radius 1 is 0.967 bits per heavy atom. The van der Waals surface area contributed by atoms with Gasteiger partial charge in [0.2, 0.25) is 17.7 Å². The van der Waals surface area contributed by atoms with Gasteiger partial charge in [0.25, 0.3) is 0 Å². The van der Waals surface area contributed by atoms with Crippen LogP contribution in [0.2, 0.25) is 0 Å². The van der Waals surface area contributed by atoms with Crippen LogP contribution in [0.1, 0.15) is 42.9 Å². The first-order valence-corrected chi connectivity index (χ1v) is 10.6. The predicted octanol–water partition coefficient (Wildman–Crippen LogP) is 2.56. The minimum Gasteiger partial charge on any atom is -0.354 e. The largest absolute Gasteiger partial charge is 0.354 e. The van der Waals surface area contributed by atoms with Crippen molar-refractivity contribution in [3.63, 3.8) is 0 Å². The molecule has 0 spiro atoms. The molecule has 2 aromatic rings. The van der Waals surface area contributed by atoms with E-state index in [1.807, 2.05) is 65.6 Å². The Hall–Kier alpha value is -3.15. The van der Waals surface area contributed by atoms with Crippen LogP contribution in [0, 0.1) is 5.92 Å². The monoisotopic (exact) mass is 405 g/mol. The van der Waals surface area contributed by atoms with Crippen LogP contribution in [-0.4, -0.2) is 35.2 Å². The maximum Gasteiger partial charge on any atom is 0.225 e. The molecule has 3 atom stereocenters. The zero-order valence-electron chi connectivity index (χ0n) is 16.9. The lowest BCUT2D eigenvalue weighted by atomic mass is 9.83. The van der Waals surface area contributed by atoms with Gasteiger partial charge in [0.05, 0.1) is 12.0 Å². The molecule has 30 heavy (non-hydrogen) atoms. The van der Waals surface area contributed by atoms with Gasteiger partial charge < -0.3 is 15.5 Å². The second kappa shape index (κ2) is 9.11.